The van der Waals surface area contributed by atoms with Crippen molar-refractivity contribution in [2.24, 2.45) is 11.8 Å². The molecule has 3 N–H and O–H groups in total. The van der Waals surface area contributed by atoms with Crippen molar-refractivity contribution in [1.29, 1.82) is 0 Å². The molecular weight excluding hydrogens is 248 g/mol. The van der Waals surface area contributed by atoms with E-state index in [2.05, 4.69) is 17.6 Å². The number of benzene rings is 1. The molecule has 1 aromatic carbocycles. The van der Waals surface area contributed by atoms with Crippen LogP contribution >= 0.6 is 11.6 Å². The van der Waals surface area contributed by atoms with Gasteiger partial charge in [0.15, 0.2) is 0 Å². The van der Waals surface area contributed by atoms with E-state index in [1.165, 1.54) is 18.4 Å². The molecule has 0 spiro atoms. The lowest BCUT2D eigenvalue weighted by Gasteiger charge is -2.28. The number of hydrogen-bond donors (Lipinski definition) is 2. The monoisotopic (exact) mass is 266 g/mol. The Kier molecular flexibility index (Phi) is 3.57. The average molecular weight is 267 g/mol. The van der Waals surface area contributed by atoms with Gasteiger partial charge in [-0.3, -0.25) is 11.3 Å². The third-order valence-electron chi connectivity index (χ3n) is 4.25. The van der Waals surface area contributed by atoms with E-state index in [9.17, 15) is 0 Å². The Balaban J connectivity index is 1.67. The van der Waals surface area contributed by atoms with Crippen molar-refractivity contribution in [3.63, 3.8) is 0 Å². The van der Waals surface area contributed by atoms with Crippen molar-refractivity contribution in [3.05, 3.63) is 34.9 Å². The fraction of sp³-hybridized carbons (Fsp3) is 0.571. The summed E-state index contributed by atoms with van der Waals surface area (Å²) in [5.41, 5.74) is 4.25. The van der Waals surface area contributed by atoms with Crippen molar-refractivity contribution >= 4 is 11.6 Å². The molecule has 4 unspecified atom stereocenters. The van der Waals surface area contributed by atoms with Crippen LogP contribution in [0.4, 0.5) is 0 Å². The number of halogens is 1. The third kappa shape index (κ3) is 2.41. The van der Waals surface area contributed by atoms with Gasteiger partial charge in [0.2, 0.25) is 0 Å². The summed E-state index contributed by atoms with van der Waals surface area (Å²) in [6.45, 7) is 0. The SMILES string of the molecule is NNC(Cc1ccc(Cl)cc1)C1CC2CCC1O2. The first-order valence-corrected chi connectivity index (χ1v) is 7.00. The van der Waals surface area contributed by atoms with Gasteiger partial charge in [0.25, 0.3) is 0 Å². The summed E-state index contributed by atoms with van der Waals surface area (Å²) in [6.07, 6.45) is 5.37. The number of nitrogens with one attached hydrogen (secondary N) is 1. The lowest BCUT2D eigenvalue weighted by molar-refractivity contribution is 0.0857. The Labute approximate surface area is 113 Å². The van der Waals surface area contributed by atoms with Crippen LogP contribution in [0.5, 0.6) is 0 Å². The summed E-state index contributed by atoms with van der Waals surface area (Å²) < 4.78 is 5.91. The first-order chi connectivity index (χ1) is 8.76. The minimum absolute atomic E-state index is 0.293. The summed E-state index contributed by atoms with van der Waals surface area (Å²) >= 11 is 5.90. The largest absolute Gasteiger partial charge is 0.375 e. The minimum atomic E-state index is 0.293. The Bertz CT molecular complexity index is 409. The van der Waals surface area contributed by atoms with Crippen molar-refractivity contribution in [2.45, 2.75) is 43.9 Å². The minimum Gasteiger partial charge on any atom is -0.375 e. The Morgan fingerprint density at radius 3 is 2.67 bits per heavy atom. The zero-order valence-electron chi connectivity index (χ0n) is 10.3. The van der Waals surface area contributed by atoms with Gasteiger partial charge < -0.3 is 4.74 Å². The average Bonchev–Trinajstić information content (AvgIpc) is 3.00. The second-order valence-electron chi connectivity index (χ2n) is 5.38. The molecule has 4 heteroatoms. The zero-order valence-corrected chi connectivity index (χ0v) is 11.1. The van der Waals surface area contributed by atoms with Gasteiger partial charge in [-0.25, -0.2) is 0 Å². The van der Waals surface area contributed by atoms with Crippen LogP contribution < -0.4 is 11.3 Å². The molecule has 18 heavy (non-hydrogen) atoms. The normalized spacial score (nSPS) is 31.8. The molecule has 2 fully saturated rings. The zero-order chi connectivity index (χ0) is 12.5. The number of hydrogen-bond acceptors (Lipinski definition) is 3. The quantitative estimate of drug-likeness (QED) is 0.649. The molecule has 0 aliphatic carbocycles. The molecule has 2 bridgehead atoms. The van der Waals surface area contributed by atoms with Crippen LogP contribution in [-0.2, 0) is 11.2 Å². The lowest BCUT2D eigenvalue weighted by Crippen LogP contribution is -2.45. The van der Waals surface area contributed by atoms with E-state index in [4.69, 9.17) is 22.2 Å². The molecule has 0 radical (unpaired) electrons. The molecular formula is C14H19ClN2O. The molecule has 3 nitrogen and oxygen atoms in total. The van der Waals surface area contributed by atoms with E-state index >= 15 is 0 Å². The molecule has 0 aromatic heterocycles. The van der Waals surface area contributed by atoms with Crippen molar-refractivity contribution in [3.8, 4) is 0 Å². The molecule has 2 aliphatic heterocycles. The van der Waals surface area contributed by atoms with Crippen molar-refractivity contribution in [1.82, 2.24) is 5.43 Å². The van der Waals surface area contributed by atoms with E-state index in [1.807, 2.05) is 12.1 Å². The van der Waals surface area contributed by atoms with Crippen molar-refractivity contribution in [2.75, 3.05) is 0 Å². The van der Waals surface area contributed by atoms with E-state index in [0.717, 1.165) is 17.9 Å². The molecule has 4 atom stereocenters. The standard InChI is InChI=1S/C14H19ClN2O/c15-10-3-1-9(2-4-10)7-13(17-16)12-8-11-5-6-14(12)18-11/h1-4,11-14,17H,5-8,16H2. The molecule has 2 saturated heterocycles. The second-order valence-corrected chi connectivity index (χ2v) is 5.81. The Morgan fingerprint density at radius 2 is 2.11 bits per heavy atom. The first kappa shape index (κ1) is 12.4. The highest BCUT2D eigenvalue weighted by atomic mass is 35.5. The van der Waals surface area contributed by atoms with Crippen LogP contribution in [0.15, 0.2) is 24.3 Å². The van der Waals surface area contributed by atoms with Gasteiger partial charge in [0.1, 0.15) is 0 Å². The van der Waals surface area contributed by atoms with E-state index in [1.54, 1.807) is 0 Å². The molecule has 98 valence electrons. The summed E-state index contributed by atoms with van der Waals surface area (Å²) in [4.78, 5) is 0. The second kappa shape index (κ2) is 5.17. The Morgan fingerprint density at radius 1 is 1.33 bits per heavy atom. The lowest BCUT2D eigenvalue weighted by atomic mass is 9.82. The van der Waals surface area contributed by atoms with Gasteiger partial charge in [-0.1, -0.05) is 23.7 Å². The van der Waals surface area contributed by atoms with Gasteiger partial charge in [0, 0.05) is 17.0 Å². The number of rotatable bonds is 4. The predicted molar refractivity (Wildman–Crippen MR) is 72.3 cm³/mol. The fourth-order valence-corrected chi connectivity index (χ4v) is 3.43. The Hall–Kier alpha value is -0.610. The van der Waals surface area contributed by atoms with E-state index in [-0.39, 0.29) is 0 Å². The van der Waals surface area contributed by atoms with Crippen LogP contribution in [0.25, 0.3) is 0 Å². The summed E-state index contributed by atoms with van der Waals surface area (Å²) in [7, 11) is 0. The van der Waals surface area contributed by atoms with E-state index < -0.39 is 0 Å². The van der Waals surface area contributed by atoms with Crippen LogP contribution in [0.1, 0.15) is 24.8 Å². The maximum Gasteiger partial charge on any atom is 0.0624 e. The molecule has 2 heterocycles. The molecule has 0 amide bonds. The molecule has 0 saturated carbocycles. The topological polar surface area (TPSA) is 47.3 Å². The van der Waals surface area contributed by atoms with Crippen molar-refractivity contribution < 1.29 is 4.74 Å². The molecule has 2 aliphatic rings. The van der Waals surface area contributed by atoms with E-state index in [0.29, 0.717) is 24.2 Å². The van der Waals surface area contributed by atoms with Crippen LogP contribution in [-0.4, -0.2) is 18.2 Å². The molecule has 1 aromatic rings. The van der Waals surface area contributed by atoms with Gasteiger partial charge in [-0.15, -0.1) is 0 Å². The number of ether oxygens (including phenoxy) is 1. The third-order valence-corrected chi connectivity index (χ3v) is 4.50. The smallest absolute Gasteiger partial charge is 0.0624 e. The maximum atomic E-state index is 5.91. The summed E-state index contributed by atoms with van der Waals surface area (Å²) in [6, 6.07) is 8.30. The van der Waals surface area contributed by atoms with Crippen LogP contribution in [0, 0.1) is 5.92 Å². The number of hydrazine groups is 1. The van der Waals surface area contributed by atoms with Gasteiger partial charge >= 0.3 is 0 Å². The highest BCUT2D eigenvalue weighted by Crippen LogP contribution is 2.40. The first-order valence-electron chi connectivity index (χ1n) is 6.62. The predicted octanol–water partition coefficient (Wildman–Crippen LogP) is 2.28. The highest BCUT2D eigenvalue weighted by molar-refractivity contribution is 6.30. The fourth-order valence-electron chi connectivity index (χ4n) is 3.31. The summed E-state index contributed by atoms with van der Waals surface area (Å²) in [5.74, 6) is 6.28. The van der Waals surface area contributed by atoms with Gasteiger partial charge in [-0.05, 0) is 43.4 Å². The summed E-state index contributed by atoms with van der Waals surface area (Å²) in [5, 5.41) is 0.777. The number of fused-ring (bicyclic) bond motifs is 2. The van der Waals surface area contributed by atoms with Crippen LogP contribution in [0.3, 0.4) is 0 Å². The van der Waals surface area contributed by atoms with Gasteiger partial charge in [-0.2, -0.15) is 0 Å². The number of nitrogens with two attached hydrogens (primary N) is 1. The highest BCUT2D eigenvalue weighted by Gasteiger charge is 2.43. The molecule has 3 rings (SSSR count). The van der Waals surface area contributed by atoms with Gasteiger partial charge in [0.05, 0.1) is 12.2 Å². The van der Waals surface area contributed by atoms with Crippen LogP contribution in [0.2, 0.25) is 5.02 Å². The maximum absolute atomic E-state index is 5.91.